The molecule has 0 radical (unpaired) electrons. The average Bonchev–Trinajstić information content (AvgIpc) is 3.24. The van der Waals surface area contributed by atoms with E-state index >= 15 is 0 Å². The summed E-state index contributed by atoms with van der Waals surface area (Å²) in [6, 6.07) is 7.92. The summed E-state index contributed by atoms with van der Waals surface area (Å²) in [6.45, 7) is 7.41. The second-order valence-electron chi connectivity index (χ2n) is 7.24. The van der Waals surface area contributed by atoms with Gasteiger partial charge in [-0.3, -0.25) is 9.69 Å². The van der Waals surface area contributed by atoms with Gasteiger partial charge in [-0.25, -0.2) is 9.50 Å². The van der Waals surface area contributed by atoms with Gasteiger partial charge in [0.25, 0.3) is 5.91 Å². The minimum Gasteiger partial charge on any atom is -0.322 e. The molecule has 1 N–H and O–H groups in total. The number of benzene rings is 1. The maximum atomic E-state index is 12.8. The number of aromatic nitrogens is 3. The molecule has 0 atom stereocenters. The van der Waals surface area contributed by atoms with Gasteiger partial charge in [-0.15, -0.1) is 0 Å². The first-order valence-corrected chi connectivity index (χ1v) is 9.04. The zero-order chi connectivity index (χ0) is 18.1. The number of amides is 1. The maximum absolute atomic E-state index is 12.8. The number of carbonyl (C=O) groups excluding carboxylic acids is 1. The van der Waals surface area contributed by atoms with Crippen molar-refractivity contribution in [1.82, 2.24) is 19.5 Å². The lowest BCUT2D eigenvalue weighted by atomic mass is 10.1. The molecule has 1 aromatic carbocycles. The van der Waals surface area contributed by atoms with Crippen LogP contribution in [0.5, 0.6) is 0 Å². The molecule has 2 aromatic heterocycles. The predicted octanol–water partition coefficient (Wildman–Crippen LogP) is 3.34. The number of hydrogen-bond donors (Lipinski definition) is 1. The van der Waals surface area contributed by atoms with Crippen LogP contribution >= 0.6 is 0 Å². The molecule has 26 heavy (non-hydrogen) atoms. The molecule has 0 spiro atoms. The Morgan fingerprint density at radius 3 is 3.00 bits per heavy atom. The van der Waals surface area contributed by atoms with Crippen LogP contribution in [0.15, 0.2) is 42.9 Å². The summed E-state index contributed by atoms with van der Waals surface area (Å²) in [5.74, 6) is 0.522. The molecule has 134 valence electrons. The van der Waals surface area contributed by atoms with Gasteiger partial charge >= 0.3 is 0 Å². The van der Waals surface area contributed by atoms with Gasteiger partial charge in [0, 0.05) is 31.2 Å². The zero-order valence-corrected chi connectivity index (χ0v) is 15.1. The van der Waals surface area contributed by atoms with Crippen LogP contribution in [0.4, 0.5) is 5.69 Å². The number of rotatable bonds is 5. The SMILES string of the molecule is CC(C)CCN1Cc2cccc(NC(=O)c3cnn4cccnc34)c2C1. The third-order valence-electron chi connectivity index (χ3n) is 4.84. The lowest BCUT2D eigenvalue weighted by Crippen LogP contribution is -2.19. The van der Waals surface area contributed by atoms with Crippen LogP contribution < -0.4 is 5.32 Å². The summed E-state index contributed by atoms with van der Waals surface area (Å²) in [7, 11) is 0. The highest BCUT2D eigenvalue weighted by atomic mass is 16.1. The maximum Gasteiger partial charge on any atom is 0.261 e. The molecule has 1 amide bonds. The summed E-state index contributed by atoms with van der Waals surface area (Å²) >= 11 is 0. The second-order valence-corrected chi connectivity index (χ2v) is 7.24. The van der Waals surface area contributed by atoms with Gasteiger partial charge in [-0.05, 0) is 42.1 Å². The normalized spacial score (nSPS) is 14.1. The molecule has 3 aromatic rings. The first kappa shape index (κ1) is 16.7. The standard InChI is InChI=1S/C20H23N5O/c1-14(2)7-10-24-12-15-5-3-6-18(17(15)13-24)23-20(26)16-11-22-25-9-4-8-21-19(16)25/h3-6,8-9,11,14H,7,10,12-13H2,1-2H3,(H,23,26). The Labute approximate surface area is 152 Å². The van der Waals surface area contributed by atoms with E-state index in [0.717, 1.165) is 25.3 Å². The van der Waals surface area contributed by atoms with Crippen molar-refractivity contribution in [3.8, 4) is 0 Å². The smallest absolute Gasteiger partial charge is 0.261 e. The molecular weight excluding hydrogens is 326 g/mol. The number of nitrogens with zero attached hydrogens (tertiary/aromatic N) is 4. The van der Waals surface area contributed by atoms with E-state index in [9.17, 15) is 4.79 Å². The molecular formula is C20H23N5O. The van der Waals surface area contributed by atoms with Crippen LogP contribution in [0, 0.1) is 5.92 Å². The Hall–Kier alpha value is -2.73. The third kappa shape index (κ3) is 3.20. The summed E-state index contributed by atoms with van der Waals surface area (Å²) < 4.78 is 1.61. The Morgan fingerprint density at radius 2 is 2.15 bits per heavy atom. The van der Waals surface area contributed by atoms with Crippen molar-refractivity contribution in [1.29, 1.82) is 0 Å². The number of anilines is 1. The average molecular weight is 349 g/mol. The van der Waals surface area contributed by atoms with Gasteiger partial charge in [-0.1, -0.05) is 26.0 Å². The van der Waals surface area contributed by atoms with E-state index in [1.165, 1.54) is 17.5 Å². The second kappa shape index (κ2) is 6.88. The van der Waals surface area contributed by atoms with Gasteiger partial charge in [0.1, 0.15) is 5.56 Å². The lowest BCUT2D eigenvalue weighted by Gasteiger charge is -2.16. The molecule has 0 fully saturated rings. The molecule has 0 unspecified atom stereocenters. The molecule has 6 heteroatoms. The minimum atomic E-state index is -0.173. The van der Waals surface area contributed by atoms with Crippen molar-refractivity contribution in [3.05, 3.63) is 59.5 Å². The zero-order valence-electron chi connectivity index (χ0n) is 15.1. The van der Waals surface area contributed by atoms with Crippen molar-refractivity contribution < 1.29 is 4.79 Å². The molecule has 0 saturated heterocycles. The first-order chi connectivity index (χ1) is 12.6. The first-order valence-electron chi connectivity index (χ1n) is 9.04. The van der Waals surface area contributed by atoms with Crippen molar-refractivity contribution in [3.63, 3.8) is 0 Å². The van der Waals surface area contributed by atoms with Gasteiger partial charge in [0.2, 0.25) is 0 Å². The van der Waals surface area contributed by atoms with E-state index in [-0.39, 0.29) is 5.91 Å². The van der Waals surface area contributed by atoms with Crippen LogP contribution in [0.1, 0.15) is 41.8 Å². The molecule has 6 nitrogen and oxygen atoms in total. The minimum absolute atomic E-state index is 0.173. The number of fused-ring (bicyclic) bond motifs is 2. The fourth-order valence-corrected chi connectivity index (χ4v) is 3.38. The van der Waals surface area contributed by atoms with Gasteiger partial charge in [0.05, 0.1) is 6.20 Å². The molecule has 3 heterocycles. The molecule has 1 aliphatic heterocycles. The number of carbonyl (C=O) groups is 1. The number of hydrogen-bond acceptors (Lipinski definition) is 4. The summed E-state index contributed by atoms with van der Waals surface area (Å²) in [4.78, 5) is 19.5. The van der Waals surface area contributed by atoms with E-state index in [1.807, 2.05) is 12.1 Å². The van der Waals surface area contributed by atoms with Gasteiger partial charge in [-0.2, -0.15) is 5.10 Å². The lowest BCUT2D eigenvalue weighted by molar-refractivity contribution is 0.102. The van der Waals surface area contributed by atoms with Crippen molar-refractivity contribution >= 4 is 17.2 Å². The molecule has 0 saturated carbocycles. The van der Waals surface area contributed by atoms with E-state index < -0.39 is 0 Å². The van der Waals surface area contributed by atoms with E-state index in [4.69, 9.17) is 0 Å². The number of nitrogens with one attached hydrogen (secondary N) is 1. The Balaban J connectivity index is 1.54. The topological polar surface area (TPSA) is 62.5 Å². The van der Waals surface area contributed by atoms with E-state index in [1.54, 1.807) is 29.2 Å². The van der Waals surface area contributed by atoms with Crippen molar-refractivity contribution in [2.45, 2.75) is 33.4 Å². The van der Waals surface area contributed by atoms with Gasteiger partial charge in [0.15, 0.2) is 5.65 Å². The predicted molar refractivity (Wildman–Crippen MR) is 101 cm³/mol. The van der Waals surface area contributed by atoms with Crippen LogP contribution in [0.25, 0.3) is 5.65 Å². The highest BCUT2D eigenvalue weighted by molar-refractivity contribution is 6.08. The van der Waals surface area contributed by atoms with Crippen molar-refractivity contribution in [2.24, 2.45) is 5.92 Å². The quantitative estimate of drug-likeness (QED) is 0.767. The van der Waals surface area contributed by atoms with E-state index in [0.29, 0.717) is 17.1 Å². The molecule has 0 aliphatic carbocycles. The van der Waals surface area contributed by atoms with Crippen LogP contribution in [0.2, 0.25) is 0 Å². The Kier molecular flexibility index (Phi) is 4.42. The van der Waals surface area contributed by atoms with Gasteiger partial charge < -0.3 is 5.32 Å². The van der Waals surface area contributed by atoms with Crippen LogP contribution in [-0.4, -0.2) is 31.9 Å². The Bertz CT molecular complexity index is 946. The summed E-state index contributed by atoms with van der Waals surface area (Å²) in [5.41, 5.74) is 4.45. The Morgan fingerprint density at radius 1 is 1.27 bits per heavy atom. The summed E-state index contributed by atoms with van der Waals surface area (Å²) in [5, 5.41) is 7.26. The molecule has 1 aliphatic rings. The fourth-order valence-electron chi connectivity index (χ4n) is 3.38. The molecule has 4 rings (SSSR count). The van der Waals surface area contributed by atoms with Crippen LogP contribution in [0.3, 0.4) is 0 Å². The highest BCUT2D eigenvalue weighted by Crippen LogP contribution is 2.30. The van der Waals surface area contributed by atoms with E-state index in [2.05, 4.69) is 40.2 Å². The molecule has 0 bridgehead atoms. The highest BCUT2D eigenvalue weighted by Gasteiger charge is 2.23. The monoisotopic (exact) mass is 349 g/mol. The largest absolute Gasteiger partial charge is 0.322 e. The fraction of sp³-hybridized carbons (Fsp3) is 0.350. The van der Waals surface area contributed by atoms with Crippen molar-refractivity contribution in [2.75, 3.05) is 11.9 Å². The van der Waals surface area contributed by atoms with Crippen LogP contribution in [-0.2, 0) is 13.1 Å². The third-order valence-corrected chi connectivity index (χ3v) is 4.84. The summed E-state index contributed by atoms with van der Waals surface area (Å²) in [6.07, 6.45) is 6.20.